The molecule has 0 aromatic heterocycles. The SMILES string of the molecule is CC1(C)C(=O)Nc2ccc(C(=O)CCC3CCCC3)cc21. The number of carbonyl (C=O) groups excluding carboxylic acids is 2. The highest BCUT2D eigenvalue weighted by atomic mass is 16.2. The van der Waals surface area contributed by atoms with Gasteiger partial charge in [-0.2, -0.15) is 0 Å². The minimum atomic E-state index is -0.545. The summed E-state index contributed by atoms with van der Waals surface area (Å²) in [4.78, 5) is 24.3. The Morgan fingerprint density at radius 1 is 1.29 bits per heavy atom. The van der Waals surface area contributed by atoms with Gasteiger partial charge in [-0.1, -0.05) is 25.7 Å². The van der Waals surface area contributed by atoms with Crippen LogP contribution in [0.5, 0.6) is 0 Å². The molecule has 1 fully saturated rings. The molecule has 0 saturated heterocycles. The zero-order chi connectivity index (χ0) is 15.0. The molecule has 3 heteroatoms. The van der Waals surface area contributed by atoms with Crippen LogP contribution in [0.2, 0.25) is 0 Å². The first-order chi connectivity index (χ1) is 9.98. The number of carbonyl (C=O) groups is 2. The van der Waals surface area contributed by atoms with Gasteiger partial charge in [-0.3, -0.25) is 9.59 Å². The summed E-state index contributed by atoms with van der Waals surface area (Å²) in [6.07, 6.45) is 6.84. The molecule has 1 N–H and O–H groups in total. The Morgan fingerprint density at radius 3 is 2.71 bits per heavy atom. The minimum Gasteiger partial charge on any atom is -0.325 e. The average Bonchev–Trinajstić information content (AvgIpc) is 3.04. The highest BCUT2D eigenvalue weighted by Gasteiger charge is 2.38. The Hall–Kier alpha value is -1.64. The van der Waals surface area contributed by atoms with E-state index >= 15 is 0 Å². The lowest BCUT2D eigenvalue weighted by molar-refractivity contribution is -0.119. The summed E-state index contributed by atoms with van der Waals surface area (Å²) in [6.45, 7) is 3.81. The molecule has 3 rings (SSSR count). The van der Waals surface area contributed by atoms with E-state index in [0.29, 0.717) is 6.42 Å². The monoisotopic (exact) mass is 285 g/mol. The molecular formula is C18H23NO2. The zero-order valence-electron chi connectivity index (χ0n) is 12.9. The van der Waals surface area contributed by atoms with Crippen LogP contribution in [-0.2, 0) is 10.2 Å². The van der Waals surface area contributed by atoms with Gasteiger partial charge in [-0.25, -0.2) is 0 Å². The van der Waals surface area contributed by atoms with E-state index in [2.05, 4.69) is 5.32 Å². The summed E-state index contributed by atoms with van der Waals surface area (Å²) >= 11 is 0. The third kappa shape index (κ3) is 2.61. The van der Waals surface area contributed by atoms with Crippen molar-refractivity contribution in [1.82, 2.24) is 0 Å². The molecule has 1 aliphatic carbocycles. The number of hydrogen-bond acceptors (Lipinski definition) is 2. The number of benzene rings is 1. The molecule has 1 heterocycles. The summed E-state index contributed by atoms with van der Waals surface area (Å²) in [5.41, 5.74) is 1.99. The number of ketones is 1. The molecule has 0 spiro atoms. The number of amides is 1. The topological polar surface area (TPSA) is 46.2 Å². The van der Waals surface area contributed by atoms with Crippen molar-refractivity contribution in [3.8, 4) is 0 Å². The molecule has 112 valence electrons. The summed E-state index contributed by atoms with van der Waals surface area (Å²) < 4.78 is 0. The van der Waals surface area contributed by atoms with Crippen molar-refractivity contribution < 1.29 is 9.59 Å². The fraction of sp³-hybridized carbons (Fsp3) is 0.556. The number of fused-ring (bicyclic) bond motifs is 1. The molecule has 21 heavy (non-hydrogen) atoms. The van der Waals surface area contributed by atoms with Gasteiger partial charge < -0.3 is 5.32 Å². The van der Waals surface area contributed by atoms with Gasteiger partial charge in [-0.15, -0.1) is 0 Å². The van der Waals surface area contributed by atoms with E-state index in [-0.39, 0.29) is 11.7 Å². The summed E-state index contributed by atoms with van der Waals surface area (Å²) in [7, 11) is 0. The molecule has 1 aromatic rings. The predicted octanol–water partition coefficient (Wildman–Crippen LogP) is 4.07. The quantitative estimate of drug-likeness (QED) is 0.848. The van der Waals surface area contributed by atoms with Gasteiger partial charge in [0.25, 0.3) is 0 Å². The van der Waals surface area contributed by atoms with Gasteiger partial charge in [0, 0.05) is 17.7 Å². The second-order valence-corrected chi connectivity index (χ2v) is 6.95. The maximum absolute atomic E-state index is 12.4. The lowest BCUT2D eigenvalue weighted by atomic mass is 9.84. The van der Waals surface area contributed by atoms with Crippen LogP contribution in [-0.4, -0.2) is 11.7 Å². The van der Waals surface area contributed by atoms with E-state index in [9.17, 15) is 9.59 Å². The number of nitrogens with one attached hydrogen (secondary N) is 1. The van der Waals surface area contributed by atoms with E-state index in [1.54, 1.807) is 0 Å². The molecule has 1 amide bonds. The van der Waals surface area contributed by atoms with E-state index in [1.807, 2.05) is 32.0 Å². The Bertz CT molecular complexity index is 583. The lowest BCUT2D eigenvalue weighted by Crippen LogP contribution is -2.27. The van der Waals surface area contributed by atoms with Crippen LogP contribution in [0.4, 0.5) is 5.69 Å². The van der Waals surface area contributed by atoms with Crippen LogP contribution in [0.3, 0.4) is 0 Å². The molecule has 1 aromatic carbocycles. The number of hydrogen-bond donors (Lipinski definition) is 1. The van der Waals surface area contributed by atoms with Crippen molar-refractivity contribution in [2.24, 2.45) is 5.92 Å². The van der Waals surface area contributed by atoms with Crippen molar-refractivity contribution in [2.75, 3.05) is 5.32 Å². The van der Waals surface area contributed by atoms with Crippen LogP contribution in [0.15, 0.2) is 18.2 Å². The normalized spacial score (nSPS) is 20.4. The first-order valence-corrected chi connectivity index (χ1v) is 7.97. The first-order valence-electron chi connectivity index (χ1n) is 7.97. The second kappa shape index (κ2) is 5.28. The number of rotatable bonds is 4. The fourth-order valence-electron chi connectivity index (χ4n) is 3.52. The van der Waals surface area contributed by atoms with Gasteiger partial charge in [0.15, 0.2) is 5.78 Å². The zero-order valence-corrected chi connectivity index (χ0v) is 12.9. The number of anilines is 1. The Labute approximate surface area is 126 Å². The number of Topliss-reactive ketones (excluding diaryl/α,β-unsaturated/α-hetero) is 1. The van der Waals surface area contributed by atoms with E-state index < -0.39 is 5.41 Å². The standard InChI is InChI=1S/C18H23NO2/c1-18(2)14-11-13(8-9-15(14)19-17(18)21)16(20)10-7-12-5-3-4-6-12/h8-9,11-12H,3-7,10H2,1-2H3,(H,19,21). The Balaban J connectivity index is 1.73. The molecule has 0 radical (unpaired) electrons. The third-order valence-corrected chi connectivity index (χ3v) is 5.09. The van der Waals surface area contributed by atoms with Crippen LogP contribution in [0.25, 0.3) is 0 Å². The average molecular weight is 285 g/mol. The molecule has 0 unspecified atom stereocenters. The predicted molar refractivity (Wildman–Crippen MR) is 83.6 cm³/mol. The van der Waals surface area contributed by atoms with Gasteiger partial charge in [0.2, 0.25) is 5.91 Å². The van der Waals surface area contributed by atoms with Crippen molar-refractivity contribution in [3.05, 3.63) is 29.3 Å². The van der Waals surface area contributed by atoms with E-state index in [0.717, 1.165) is 29.2 Å². The maximum atomic E-state index is 12.4. The Morgan fingerprint density at radius 2 is 2.00 bits per heavy atom. The van der Waals surface area contributed by atoms with Crippen LogP contribution < -0.4 is 5.32 Å². The van der Waals surface area contributed by atoms with Crippen molar-refractivity contribution in [1.29, 1.82) is 0 Å². The Kier molecular flexibility index (Phi) is 3.60. The smallest absolute Gasteiger partial charge is 0.234 e. The molecule has 3 nitrogen and oxygen atoms in total. The summed E-state index contributed by atoms with van der Waals surface area (Å²) in [5.74, 6) is 0.955. The molecular weight excluding hydrogens is 262 g/mol. The van der Waals surface area contributed by atoms with E-state index in [4.69, 9.17) is 0 Å². The van der Waals surface area contributed by atoms with Gasteiger partial charge in [0.1, 0.15) is 0 Å². The van der Waals surface area contributed by atoms with E-state index in [1.165, 1.54) is 25.7 Å². The second-order valence-electron chi connectivity index (χ2n) is 6.95. The lowest BCUT2D eigenvalue weighted by Gasteiger charge is -2.15. The third-order valence-electron chi connectivity index (χ3n) is 5.09. The summed E-state index contributed by atoms with van der Waals surface area (Å²) in [6, 6.07) is 5.62. The molecule has 2 aliphatic rings. The summed E-state index contributed by atoms with van der Waals surface area (Å²) in [5, 5.41) is 2.88. The minimum absolute atomic E-state index is 0.00746. The highest BCUT2D eigenvalue weighted by Crippen LogP contribution is 2.38. The van der Waals surface area contributed by atoms with Crippen LogP contribution >= 0.6 is 0 Å². The van der Waals surface area contributed by atoms with Gasteiger partial charge in [0.05, 0.1) is 5.41 Å². The largest absolute Gasteiger partial charge is 0.325 e. The highest BCUT2D eigenvalue weighted by molar-refractivity contribution is 6.07. The van der Waals surface area contributed by atoms with Crippen molar-refractivity contribution >= 4 is 17.4 Å². The van der Waals surface area contributed by atoms with Gasteiger partial charge >= 0.3 is 0 Å². The molecule has 0 bridgehead atoms. The molecule has 1 saturated carbocycles. The maximum Gasteiger partial charge on any atom is 0.234 e. The van der Waals surface area contributed by atoms with Gasteiger partial charge in [-0.05, 0) is 49.9 Å². The first kappa shape index (κ1) is 14.3. The van der Waals surface area contributed by atoms with Crippen molar-refractivity contribution in [2.45, 2.75) is 57.8 Å². The van der Waals surface area contributed by atoms with Crippen LogP contribution in [0.1, 0.15) is 68.3 Å². The van der Waals surface area contributed by atoms with Crippen molar-refractivity contribution in [3.63, 3.8) is 0 Å². The molecule has 0 atom stereocenters. The fourth-order valence-corrected chi connectivity index (χ4v) is 3.52. The molecule has 1 aliphatic heterocycles. The van der Waals surface area contributed by atoms with Crippen LogP contribution in [0, 0.1) is 5.92 Å².